The number of rotatable bonds is 6. The van der Waals surface area contributed by atoms with Crippen molar-refractivity contribution in [2.45, 2.75) is 0 Å². The fraction of sp³-hybridized carbons (Fsp3) is 0.188. The molecule has 120 valence electrons. The smallest absolute Gasteiger partial charge is 0.265 e. The average Bonchev–Trinajstić information content (AvgIpc) is 2.54. The van der Waals surface area contributed by atoms with Crippen LogP contribution in [0.3, 0.4) is 0 Å². The zero-order chi connectivity index (χ0) is 16.8. The number of aliphatic hydroxyl groups is 1. The first kappa shape index (κ1) is 16.9. The highest BCUT2D eigenvalue weighted by Crippen LogP contribution is 2.18. The van der Waals surface area contributed by atoms with Crippen molar-refractivity contribution in [1.29, 1.82) is 0 Å². The predicted octanol–water partition coefficient (Wildman–Crippen LogP) is 0.870. The summed E-state index contributed by atoms with van der Waals surface area (Å²) in [5, 5.41) is 11.3. The van der Waals surface area contributed by atoms with Gasteiger partial charge < -0.3 is 9.84 Å². The molecule has 0 unspecified atom stereocenters. The minimum absolute atomic E-state index is 0.0141. The predicted molar refractivity (Wildman–Crippen MR) is 89.7 cm³/mol. The van der Waals surface area contributed by atoms with Crippen LogP contribution in [0.25, 0.3) is 6.08 Å². The molecule has 1 fully saturated rings. The molecule has 0 aliphatic carbocycles. The second-order valence-corrected chi connectivity index (χ2v) is 5.05. The van der Waals surface area contributed by atoms with Crippen molar-refractivity contribution in [2.24, 2.45) is 0 Å². The second kappa shape index (κ2) is 7.66. The highest BCUT2D eigenvalue weighted by molar-refractivity contribution is 7.80. The lowest BCUT2D eigenvalue weighted by Gasteiger charge is -2.27. The van der Waals surface area contributed by atoms with E-state index in [2.05, 4.69) is 11.9 Å². The lowest BCUT2D eigenvalue weighted by molar-refractivity contribution is -0.128. The Morgan fingerprint density at radius 1 is 1.39 bits per heavy atom. The summed E-state index contributed by atoms with van der Waals surface area (Å²) in [5.41, 5.74) is 0.616. The van der Waals surface area contributed by atoms with Gasteiger partial charge in [0.25, 0.3) is 11.8 Å². The first-order valence-electron chi connectivity index (χ1n) is 6.90. The van der Waals surface area contributed by atoms with Gasteiger partial charge in [-0.05, 0) is 36.0 Å². The average molecular weight is 332 g/mol. The summed E-state index contributed by atoms with van der Waals surface area (Å²) >= 11 is 4.99. The molecule has 1 aliphatic rings. The number of ether oxygens (including phenoxy) is 1. The fourth-order valence-electron chi connectivity index (χ4n) is 2.01. The van der Waals surface area contributed by atoms with E-state index in [1.165, 1.54) is 17.1 Å². The lowest BCUT2D eigenvalue weighted by atomic mass is 10.1. The Kier molecular flexibility index (Phi) is 5.61. The highest BCUT2D eigenvalue weighted by Gasteiger charge is 2.32. The molecule has 6 nitrogen and oxygen atoms in total. The van der Waals surface area contributed by atoms with E-state index >= 15 is 0 Å². The van der Waals surface area contributed by atoms with E-state index in [1.807, 2.05) is 0 Å². The highest BCUT2D eigenvalue weighted by atomic mass is 32.1. The number of thiocarbonyl (C=S) groups is 1. The van der Waals surface area contributed by atoms with Crippen LogP contribution in [0.5, 0.6) is 5.75 Å². The van der Waals surface area contributed by atoms with Crippen molar-refractivity contribution in [3.63, 3.8) is 0 Å². The van der Waals surface area contributed by atoms with Crippen LogP contribution in [-0.4, -0.2) is 46.7 Å². The molecule has 2 rings (SSSR count). The molecule has 7 heteroatoms. The van der Waals surface area contributed by atoms with Gasteiger partial charge in [-0.1, -0.05) is 18.2 Å². The van der Waals surface area contributed by atoms with Crippen LogP contribution >= 0.6 is 12.2 Å². The van der Waals surface area contributed by atoms with Gasteiger partial charge in [-0.3, -0.25) is 19.8 Å². The first-order chi connectivity index (χ1) is 11.1. The fourth-order valence-corrected chi connectivity index (χ4v) is 2.26. The molecule has 0 atom stereocenters. The molecule has 1 aliphatic heterocycles. The van der Waals surface area contributed by atoms with Gasteiger partial charge in [0.1, 0.15) is 17.9 Å². The third-order valence-electron chi connectivity index (χ3n) is 3.03. The maximum absolute atomic E-state index is 12.4. The SMILES string of the molecule is C=CCN1C(=O)C(=Cc2cccc(OCCO)c2)C(=O)NC1=S. The van der Waals surface area contributed by atoms with Crippen molar-refractivity contribution in [3.8, 4) is 5.75 Å². The van der Waals surface area contributed by atoms with Crippen LogP contribution in [0.4, 0.5) is 0 Å². The summed E-state index contributed by atoms with van der Waals surface area (Å²) in [7, 11) is 0. The number of nitrogens with one attached hydrogen (secondary N) is 1. The van der Waals surface area contributed by atoms with Crippen LogP contribution < -0.4 is 10.1 Å². The van der Waals surface area contributed by atoms with Crippen molar-refractivity contribution in [2.75, 3.05) is 19.8 Å². The standard InChI is InChI=1S/C16H16N2O4S/c1-2-6-18-15(21)13(14(20)17-16(18)23)10-11-4-3-5-12(9-11)22-8-7-19/h2-5,9-10,19H,1,6-8H2,(H,17,20,23). The van der Waals surface area contributed by atoms with E-state index in [4.69, 9.17) is 22.1 Å². The van der Waals surface area contributed by atoms with E-state index < -0.39 is 11.8 Å². The lowest BCUT2D eigenvalue weighted by Crippen LogP contribution is -2.53. The third kappa shape index (κ3) is 4.02. The molecule has 0 radical (unpaired) electrons. The number of carbonyl (C=O) groups is 2. The molecular formula is C16H16N2O4S. The van der Waals surface area contributed by atoms with Gasteiger partial charge in [-0.2, -0.15) is 0 Å². The van der Waals surface area contributed by atoms with E-state index in [1.54, 1.807) is 24.3 Å². The van der Waals surface area contributed by atoms with E-state index in [0.717, 1.165) is 0 Å². The van der Waals surface area contributed by atoms with Gasteiger partial charge in [0.2, 0.25) is 0 Å². The molecule has 23 heavy (non-hydrogen) atoms. The number of aliphatic hydroxyl groups excluding tert-OH is 1. The van der Waals surface area contributed by atoms with Gasteiger partial charge in [0.15, 0.2) is 5.11 Å². The molecule has 1 saturated heterocycles. The first-order valence-corrected chi connectivity index (χ1v) is 7.31. The number of benzene rings is 1. The molecule has 2 N–H and O–H groups in total. The summed E-state index contributed by atoms with van der Waals surface area (Å²) in [6.07, 6.45) is 3.00. The zero-order valence-corrected chi connectivity index (χ0v) is 13.1. The van der Waals surface area contributed by atoms with Gasteiger partial charge in [-0.25, -0.2) is 0 Å². The Bertz CT molecular complexity index is 684. The van der Waals surface area contributed by atoms with Crippen molar-refractivity contribution < 1.29 is 19.4 Å². The molecule has 1 heterocycles. The summed E-state index contributed by atoms with van der Waals surface area (Å²) in [6.45, 7) is 3.86. The molecule has 0 saturated carbocycles. The topological polar surface area (TPSA) is 78.9 Å². The van der Waals surface area contributed by atoms with Crippen LogP contribution in [-0.2, 0) is 9.59 Å². The van der Waals surface area contributed by atoms with Crippen LogP contribution in [0, 0.1) is 0 Å². The molecule has 0 bridgehead atoms. The quantitative estimate of drug-likeness (QED) is 0.350. The molecular weight excluding hydrogens is 316 g/mol. The number of carbonyl (C=O) groups excluding carboxylic acids is 2. The Labute approximate surface area is 139 Å². The minimum Gasteiger partial charge on any atom is -0.491 e. The van der Waals surface area contributed by atoms with E-state index in [-0.39, 0.29) is 30.4 Å². The monoisotopic (exact) mass is 332 g/mol. The Hall–Kier alpha value is -2.51. The second-order valence-electron chi connectivity index (χ2n) is 4.67. The van der Waals surface area contributed by atoms with Gasteiger partial charge in [0, 0.05) is 6.54 Å². The van der Waals surface area contributed by atoms with Crippen molar-refractivity contribution in [1.82, 2.24) is 10.2 Å². The summed E-state index contributed by atoms with van der Waals surface area (Å²) < 4.78 is 5.31. The molecule has 1 aromatic rings. The van der Waals surface area contributed by atoms with Crippen molar-refractivity contribution >= 4 is 35.2 Å². The number of hydrogen-bond donors (Lipinski definition) is 2. The van der Waals surface area contributed by atoms with Gasteiger partial charge in [-0.15, -0.1) is 6.58 Å². The summed E-state index contributed by atoms with van der Waals surface area (Å²) in [6, 6.07) is 6.87. The Morgan fingerprint density at radius 3 is 2.87 bits per heavy atom. The minimum atomic E-state index is -0.540. The third-order valence-corrected chi connectivity index (χ3v) is 3.35. The maximum Gasteiger partial charge on any atom is 0.265 e. The maximum atomic E-state index is 12.4. The van der Waals surface area contributed by atoms with Crippen LogP contribution in [0.15, 0.2) is 42.5 Å². The number of nitrogens with zero attached hydrogens (tertiary/aromatic N) is 1. The van der Waals surface area contributed by atoms with E-state index in [0.29, 0.717) is 11.3 Å². The van der Waals surface area contributed by atoms with Crippen LogP contribution in [0.2, 0.25) is 0 Å². The molecule has 0 aromatic heterocycles. The summed E-state index contributed by atoms with van der Waals surface area (Å²) in [4.78, 5) is 25.7. The van der Waals surface area contributed by atoms with Gasteiger partial charge >= 0.3 is 0 Å². The normalized spacial score (nSPS) is 16.5. The van der Waals surface area contributed by atoms with E-state index in [9.17, 15) is 9.59 Å². The Balaban J connectivity index is 2.29. The Morgan fingerprint density at radius 2 is 2.17 bits per heavy atom. The largest absolute Gasteiger partial charge is 0.491 e. The number of amides is 2. The molecule has 0 spiro atoms. The number of hydrogen-bond acceptors (Lipinski definition) is 5. The van der Waals surface area contributed by atoms with Gasteiger partial charge in [0.05, 0.1) is 6.61 Å². The summed E-state index contributed by atoms with van der Waals surface area (Å²) in [5.74, 6) is -0.474. The molecule has 2 amide bonds. The van der Waals surface area contributed by atoms with Crippen molar-refractivity contribution in [3.05, 3.63) is 48.1 Å². The zero-order valence-electron chi connectivity index (χ0n) is 12.3. The van der Waals surface area contributed by atoms with Crippen LogP contribution in [0.1, 0.15) is 5.56 Å². The molecule has 1 aromatic carbocycles.